The molecule has 2 rings (SSSR count). The van der Waals surface area contributed by atoms with E-state index in [0.717, 1.165) is 12.1 Å². The molecule has 0 aromatic heterocycles. The van der Waals surface area contributed by atoms with Gasteiger partial charge in [0, 0.05) is 30.4 Å². The molecule has 100 valence electrons. The molecular weight excluding hydrogens is 246 g/mol. The van der Waals surface area contributed by atoms with Gasteiger partial charge >= 0.3 is 0 Å². The maximum Gasteiger partial charge on any atom is 0.248 e. The number of hydrogen-bond donors (Lipinski definition) is 1. The fourth-order valence-electron chi connectivity index (χ4n) is 2.65. The molecule has 1 aliphatic carbocycles. The van der Waals surface area contributed by atoms with Crippen LogP contribution < -0.4 is 5.73 Å². The third-order valence-corrected chi connectivity index (χ3v) is 3.82. The third-order valence-electron chi connectivity index (χ3n) is 3.82. The Labute approximate surface area is 103 Å². The molecule has 0 spiro atoms. The summed E-state index contributed by atoms with van der Waals surface area (Å²) in [4.78, 5) is 0. The summed E-state index contributed by atoms with van der Waals surface area (Å²) in [5.74, 6) is -4.16. The molecule has 0 unspecified atom stereocenters. The molecule has 5 heteroatoms. The predicted octanol–water partition coefficient (Wildman–Crippen LogP) is 3.37. The highest BCUT2D eigenvalue weighted by Crippen LogP contribution is 2.46. The molecule has 0 bridgehead atoms. The van der Waals surface area contributed by atoms with E-state index in [2.05, 4.69) is 0 Å². The van der Waals surface area contributed by atoms with Gasteiger partial charge in [0.25, 0.3) is 0 Å². The molecular formula is C13H15F4N. The molecule has 0 heterocycles. The van der Waals surface area contributed by atoms with Crippen LogP contribution in [0.3, 0.4) is 0 Å². The largest absolute Gasteiger partial charge is 0.330 e. The average molecular weight is 261 g/mol. The first-order chi connectivity index (χ1) is 8.40. The normalized spacial score (nSPS) is 21.8. The molecule has 18 heavy (non-hydrogen) atoms. The molecule has 1 aromatic carbocycles. The van der Waals surface area contributed by atoms with Gasteiger partial charge in [-0.25, -0.2) is 17.6 Å². The molecule has 0 atom stereocenters. The Morgan fingerprint density at radius 2 is 1.50 bits per heavy atom. The second-order valence-electron chi connectivity index (χ2n) is 4.94. The number of alkyl halides is 2. The highest BCUT2D eigenvalue weighted by molar-refractivity contribution is 5.30. The molecule has 1 aromatic rings. The number of halogens is 4. The van der Waals surface area contributed by atoms with Crippen molar-refractivity contribution in [3.05, 3.63) is 35.4 Å². The first-order valence-corrected chi connectivity index (χ1v) is 5.93. The van der Waals surface area contributed by atoms with Crippen molar-refractivity contribution in [2.24, 2.45) is 5.73 Å². The molecule has 0 saturated heterocycles. The van der Waals surface area contributed by atoms with Crippen molar-refractivity contribution < 1.29 is 17.6 Å². The van der Waals surface area contributed by atoms with Gasteiger partial charge < -0.3 is 5.73 Å². The second-order valence-corrected chi connectivity index (χ2v) is 4.94. The Morgan fingerprint density at radius 3 is 1.94 bits per heavy atom. The van der Waals surface area contributed by atoms with E-state index in [-0.39, 0.29) is 37.8 Å². The Morgan fingerprint density at radius 1 is 1.00 bits per heavy atom. The predicted molar refractivity (Wildman–Crippen MR) is 60.5 cm³/mol. The van der Waals surface area contributed by atoms with E-state index >= 15 is 0 Å². The van der Waals surface area contributed by atoms with Crippen molar-refractivity contribution >= 4 is 0 Å². The lowest BCUT2D eigenvalue weighted by molar-refractivity contribution is -0.0517. The van der Waals surface area contributed by atoms with Gasteiger partial charge in [0.15, 0.2) is 0 Å². The first kappa shape index (κ1) is 13.3. The molecule has 1 saturated carbocycles. The standard InChI is InChI=1S/C13H15F4N/c14-9-2-1-3-10(15)11(9)12(8-18)4-6-13(16,17)7-5-12/h1-3H,4-8,18H2. The maximum atomic E-state index is 13.8. The molecule has 1 aliphatic rings. The van der Waals surface area contributed by atoms with Crippen molar-refractivity contribution in [2.45, 2.75) is 37.0 Å². The minimum atomic E-state index is -2.75. The van der Waals surface area contributed by atoms with Crippen LogP contribution in [-0.4, -0.2) is 12.5 Å². The van der Waals surface area contributed by atoms with Crippen molar-refractivity contribution in [2.75, 3.05) is 6.54 Å². The van der Waals surface area contributed by atoms with E-state index in [0.29, 0.717) is 0 Å². The van der Waals surface area contributed by atoms with Gasteiger partial charge in [0.2, 0.25) is 5.92 Å². The topological polar surface area (TPSA) is 26.0 Å². The Hall–Kier alpha value is -1.10. The molecule has 1 nitrogen and oxygen atoms in total. The van der Waals surface area contributed by atoms with Crippen LogP contribution in [0.5, 0.6) is 0 Å². The van der Waals surface area contributed by atoms with Gasteiger partial charge in [0.05, 0.1) is 0 Å². The zero-order valence-corrected chi connectivity index (χ0v) is 9.86. The molecule has 0 amide bonds. The van der Waals surface area contributed by atoms with Gasteiger partial charge in [-0.3, -0.25) is 0 Å². The third kappa shape index (κ3) is 2.23. The smallest absolute Gasteiger partial charge is 0.248 e. The van der Waals surface area contributed by atoms with E-state index in [1.54, 1.807) is 0 Å². The number of hydrogen-bond acceptors (Lipinski definition) is 1. The van der Waals surface area contributed by atoms with Gasteiger partial charge in [-0.05, 0) is 25.0 Å². The van der Waals surface area contributed by atoms with Crippen LogP contribution in [0, 0.1) is 11.6 Å². The lowest BCUT2D eigenvalue weighted by Gasteiger charge is -2.40. The summed E-state index contributed by atoms with van der Waals surface area (Å²) in [5, 5.41) is 0. The van der Waals surface area contributed by atoms with E-state index < -0.39 is 23.0 Å². The minimum absolute atomic E-state index is 0.00829. The summed E-state index contributed by atoms with van der Waals surface area (Å²) < 4.78 is 53.9. The minimum Gasteiger partial charge on any atom is -0.330 e. The maximum absolute atomic E-state index is 13.8. The van der Waals surface area contributed by atoms with Crippen LogP contribution in [0.2, 0.25) is 0 Å². The van der Waals surface area contributed by atoms with Crippen LogP contribution in [0.25, 0.3) is 0 Å². The van der Waals surface area contributed by atoms with Crippen molar-refractivity contribution in [1.29, 1.82) is 0 Å². The van der Waals surface area contributed by atoms with E-state index in [4.69, 9.17) is 5.73 Å². The molecule has 1 fully saturated rings. The van der Waals surface area contributed by atoms with Gasteiger partial charge in [-0.15, -0.1) is 0 Å². The Kier molecular flexibility index (Phi) is 3.36. The molecule has 0 radical (unpaired) electrons. The highest BCUT2D eigenvalue weighted by atomic mass is 19.3. The van der Waals surface area contributed by atoms with E-state index in [9.17, 15) is 17.6 Å². The van der Waals surface area contributed by atoms with Crippen molar-refractivity contribution in [3.63, 3.8) is 0 Å². The quantitative estimate of drug-likeness (QED) is 0.811. The van der Waals surface area contributed by atoms with E-state index in [1.807, 2.05) is 0 Å². The number of rotatable bonds is 2. The first-order valence-electron chi connectivity index (χ1n) is 5.93. The lowest BCUT2D eigenvalue weighted by Crippen LogP contribution is -2.43. The zero-order chi connectivity index (χ0) is 13.4. The SMILES string of the molecule is NCC1(c2c(F)cccc2F)CCC(F)(F)CC1. The Balaban J connectivity index is 2.40. The average Bonchev–Trinajstić information content (AvgIpc) is 2.31. The second kappa shape index (κ2) is 4.53. The van der Waals surface area contributed by atoms with Crippen LogP contribution in [0.15, 0.2) is 18.2 Å². The number of benzene rings is 1. The van der Waals surface area contributed by atoms with Crippen molar-refractivity contribution in [3.8, 4) is 0 Å². The monoisotopic (exact) mass is 261 g/mol. The highest BCUT2D eigenvalue weighted by Gasteiger charge is 2.45. The summed E-state index contributed by atoms with van der Waals surface area (Å²) in [6.07, 6.45) is -0.737. The summed E-state index contributed by atoms with van der Waals surface area (Å²) in [6.45, 7) is -0.0269. The molecule has 0 aliphatic heterocycles. The van der Waals surface area contributed by atoms with Crippen molar-refractivity contribution in [1.82, 2.24) is 0 Å². The summed E-state index contributed by atoms with van der Waals surface area (Å²) in [5.41, 5.74) is 4.48. The number of nitrogens with two attached hydrogens (primary N) is 1. The van der Waals surface area contributed by atoms with Crippen LogP contribution in [-0.2, 0) is 5.41 Å². The molecule has 2 N–H and O–H groups in total. The van der Waals surface area contributed by atoms with E-state index in [1.165, 1.54) is 6.07 Å². The van der Waals surface area contributed by atoms with Crippen LogP contribution in [0.4, 0.5) is 17.6 Å². The summed E-state index contributed by atoms with van der Waals surface area (Å²) in [6, 6.07) is 3.54. The summed E-state index contributed by atoms with van der Waals surface area (Å²) in [7, 11) is 0. The van der Waals surface area contributed by atoms with Gasteiger partial charge in [0.1, 0.15) is 11.6 Å². The fraction of sp³-hybridized carbons (Fsp3) is 0.538. The Bertz CT molecular complexity index is 414. The summed E-state index contributed by atoms with van der Waals surface area (Å²) >= 11 is 0. The van der Waals surface area contributed by atoms with Crippen LogP contribution >= 0.6 is 0 Å². The van der Waals surface area contributed by atoms with Gasteiger partial charge in [-0.1, -0.05) is 6.07 Å². The zero-order valence-electron chi connectivity index (χ0n) is 9.86. The van der Waals surface area contributed by atoms with Crippen LogP contribution in [0.1, 0.15) is 31.2 Å². The lowest BCUT2D eigenvalue weighted by atomic mass is 9.68. The fourth-order valence-corrected chi connectivity index (χ4v) is 2.65. The van der Waals surface area contributed by atoms with Gasteiger partial charge in [-0.2, -0.15) is 0 Å².